The Bertz CT molecular complexity index is 1250. The van der Waals surface area contributed by atoms with Crippen molar-refractivity contribution < 1.29 is 4.79 Å². The number of aromatic nitrogens is 3. The van der Waals surface area contributed by atoms with Gasteiger partial charge >= 0.3 is 0 Å². The molecule has 6 nitrogen and oxygen atoms in total. The number of anilines is 1. The van der Waals surface area contributed by atoms with Crippen LogP contribution in [0.4, 0.5) is 5.69 Å². The highest BCUT2D eigenvalue weighted by Gasteiger charge is 2.12. The molecule has 0 aliphatic rings. The molecule has 2 aromatic carbocycles. The standard InChI is InChI=1S/C28H29N5O/c1-31(2)26-14-11-23(12-15-26)19-32(3)27(34)16-13-25-21-33(20-22-8-5-4-6-9-22)30-28(25)24-10-7-17-29-18-24/h4-18,21H,19-20H2,1-3H3/b16-13+. The molecule has 0 radical (unpaired) electrons. The molecular weight excluding hydrogens is 422 g/mol. The Kier molecular flexibility index (Phi) is 7.18. The van der Waals surface area contributed by atoms with E-state index in [2.05, 4.69) is 46.3 Å². The summed E-state index contributed by atoms with van der Waals surface area (Å²) >= 11 is 0. The van der Waals surface area contributed by atoms with E-state index in [1.807, 2.05) is 68.4 Å². The van der Waals surface area contributed by atoms with Gasteiger partial charge < -0.3 is 9.80 Å². The van der Waals surface area contributed by atoms with Gasteiger partial charge in [-0.1, -0.05) is 42.5 Å². The second kappa shape index (κ2) is 10.6. The summed E-state index contributed by atoms with van der Waals surface area (Å²) in [6.45, 7) is 1.19. The summed E-state index contributed by atoms with van der Waals surface area (Å²) in [4.78, 5) is 20.8. The maximum absolute atomic E-state index is 12.8. The van der Waals surface area contributed by atoms with Crippen molar-refractivity contribution in [2.24, 2.45) is 0 Å². The molecule has 0 N–H and O–H groups in total. The highest BCUT2D eigenvalue weighted by molar-refractivity contribution is 5.92. The van der Waals surface area contributed by atoms with E-state index in [4.69, 9.17) is 5.10 Å². The quantitative estimate of drug-likeness (QED) is 0.364. The van der Waals surface area contributed by atoms with Crippen molar-refractivity contribution in [1.82, 2.24) is 19.7 Å². The van der Waals surface area contributed by atoms with Gasteiger partial charge in [0.2, 0.25) is 5.91 Å². The lowest BCUT2D eigenvalue weighted by atomic mass is 10.1. The van der Waals surface area contributed by atoms with Gasteiger partial charge in [-0.05, 0) is 41.5 Å². The number of carbonyl (C=O) groups excluding carboxylic acids is 1. The number of nitrogens with zero attached hydrogens (tertiary/aromatic N) is 5. The predicted octanol–water partition coefficient (Wildman–Crippen LogP) is 4.73. The maximum atomic E-state index is 12.8. The lowest BCUT2D eigenvalue weighted by molar-refractivity contribution is -0.125. The molecule has 0 fully saturated rings. The first-order valence-electron chi connectivity index (χ1n) is 11.2. The van der Waals surface area contributed by atoms with Crippen LogP contribution < -0.4 is 4.90 Å². The van der Waals surface area contributed by atoms with Crippen molar-refractivity contribution in [3.05, 3.63) is 108 Å². The lowest BCUT2D eigenvalue weighted by Gasteiger charge is -2.17. The molecule has 0 aliphatic heterocycles. The number of pyridine rings is 1. The van der Waals surface area contributed by atoms with Gasteiger partial charge in [0, 0.05) is 69.2 Å². The third-order valence-electron chi connectivity index (χ3n) is 5.57. The van der Waals surface area contributed by atoms with Crippen LogP contribution in [-0.4, -0.2) is 46.7 Å². The largest absolute Gasteiger partial charge is 0.378 e. The van der Waals surface area contributed by atoms with E-state index < -0.39 is 0 Å². The van der Waals surface area contributed by atoms with Crippen molar-refractivity contribution in [2.45, 2.75) is 13.1 Å². The summed E-state index contributed by atoms with van der Waals surface area (Å²) in [7, 11) is 5.84. The van der Waals surface area contributed by atoms with E-state index in [0.717, 1.165) is 33.6 Å². The fourth-order valence-corrected chi connectivity index (χ4v) is 3.68. The zero-order valence-corrected chi connectivity index (χ0v) is 19.8. The highest BCUT2D eigenvalue weighted by Crippen LogP contribution is 2.23. The fraction of sp³-hybridized carbons (Fsp3) is 0.179. The summed E-state index contributed by atoms with van der Waals surface area (Å²) in [6.07, 6.45) is 8.95. The zero-order chi connectivity index (χ0) is 23.9. The topological polar surface area (TPSA) is 54.3 Å². The van der Waals surface area contributed by atoms with Crippen LogP contribution in [0.5, 0.6) is 0 Å². The number of hydrogen-bond donors (Lipinski definition) is 0. The minimum atomic E-state index is -0.0652. The van der Waals surface area contributed by atoms with Crippen LogP contribution in [-0.2, 0) is 17.9 Å². The first-order chi connectivity index (χ1) is 16.5. The molecule has 0 bridgehead atoms. The van der Waals surface area contributed by atoms with Crippen molar-refractivity contribution in [2.75, 3.05) is 26.0 Å². The van der Waals surface area contributed by atoms with Gasteiger partial charge in [0.15, 0.2) is 0 Å². The number of benzene rings is 2. The van der Waals surface area contributed by atoms with E-state index in [1.165, 1.54) is 0 Å². The molecule has 4 rings (SSSR count). The Morgan fingerprint density at radius 1 is 0.941 bits per heavy atom. The minimum absolute atomic E-state index is 0.0652. The van der Waals surface area contributed by atoms with E-state index in [1.54, 1.807) is 23.4 Å². The van der Waals surface area contributed by atoms with Crippen LogP contribution in [0.1, 0.15) is 16.7 Å². The molecule has 0 saturated carbocycles. The zero-order valence-electron chi connectivity index (χ0n) is 19.8. The van der Waals surface area contributed by atoms with Gasteiger partial charge in [0.25, 0.3) is 0 Å². The van der Waals surface area contributed by atoms with Crippen molar-refractivity contribution in [3.8, 4) is 11.3 Å². The van der Waals surface area contributed by atoms with E-state index in [-0.39, 0.29) is 5.91 Å². The summed E-state index contributed by atoms with van der Waals surface area (Å²) in [5.74, 6) is -0.0652. The average molecular weight is 452 g/mol. The molecule has 0 spiro atoms. The first-order valence-corrected chi connectivity index (χ1v) is 11.2. The summed E-state index contributed by atoms with van der Waals surface area (Å²) in [6, 6.07) is 22.3. The van der Waals surface area contributed by atoms with Crippen LogP contribution in [0.15, 0.2) is 91.4 Å². The molecule has 0 aliphatic carbocycles. The van der Waals surface area contributed by atoms with Crippen LogP contribution in [0.25, 0.3) is 17.3 Å². The predicted molar refractivity (Wildman–Crippen MR) is 137 cm³/mol. The third kappa shape index (κ3) is 5.78. The van der Waals surface area contributed by atoms with Crippen molar-refractivity contribution >= 4 is 17.7 Å². The van der Waals surface area contributed by atoms with Crippen LogP contribution in [0, 0.1) is 0 Å². The molecule has 34 heavy (non-hydrogen) atoms. The van der Waals surface area contributed by atoms with Gasteiger partial charge in [-0.15, -0.1) is 0 Å². The van der Waals surface area contributed by atoms with E-state index in [9.17, 15) is 4.79 Å². The molecule has 2 heterocycles. The number of amides is 1. The molecule has 4 aromatic rings. The monoisotopic (exact) mass is 451 g/mol. The van der Waals surface area contributed by atoms with Crippen molar-refractivity contribution in [3.63, 3.8) is 0 Å². The molecule has 1 amide bonds. The third-order valence-corrected chi connectivity index (χ3v) is 5.57. The Balaban J connectivity index is 1.51. The molecule has 0 atom stereocenters. The lowest BCUT2D eigenvalue weighted by Crippen LogP contribution is -2.24. The maximum Gasteiger partial charge on any atom is 0.246 e. The van der Waals surface area contributed by atoms with Crippen LogP contribution >= 0.6 is 0 Å². The summed E-state index contributed by atoms with van der Waals surface area (Å²) < 4.78 is 1.90. The Hall–Kier alpha value is -4.19. The summed E-state index contributed by atoms with van der Waals surface area (Å²) in [5, 5.41) is 4.79. The fourth-order valence-electron chi connectivity index (χ4n) is 3.68. The minimum Gasteiger partial charge on any atom is -0.378 e. The summed E-state index contributed by atoms with van der Waals surface area (Å²) in [5.41, 5.74) is 5.97. The molecule has 0 saturated heterocycles. The Morgan fingerprint density at radius 3 is 2.38 bits per heavy atom. The SMILES string of the molecule is CN(Cc1ccc(N(C)C)cc1)C(=O)/C=C/c1cn(Cc2ccccc2)nc1-c1cccnc1. The van der Waals surface area contributed by atoms with Gasteiger partial charge in [-0.25, -0.2) is 0 Å². The Labute approximate surface area is 200 Å². The van der Waals surface area contributed by atoms with Gasteiger partial charge in [0.05, 0.1) is 6.54 Å². The van der Waals surface area contributed by atoms with Crippen LogP contribution in [0.3, 0.4) is 0 Å². The molecule has 2 aromatic heterocycles. The first kappa shape index (κ1) is 23.0. The van der Waals surface area contributed by atoms with Crippen LogP contribution in [0.2, 0.25) is 0 Å². The second-order valence-corrected chi connectivity index (χ2v) is 8.45. The van der Waals surface area contributed by atoms with Gasteiger partial charge in [-0.2, -0.15) is 5.10 Å². The molecular formula is C28H29N5O. The normalized spacial score (nSPS) is 11.0. The number of hydrogen-bond acceptors (Lipinski definition) is 4. The second-order valence-electron chi connectivity index (χ2n) is 8.45. The van der Waals surface area contributed by atoms with E-state index in [0.29, 0.717) is 13.1 Å². The molecule has 172 valence electrons. The van der Waals surface area contributed by atoms with E-state index >= 15 is 0 Å². The Morgan fingerprint density at radius 2 is 1.71 bits per heavy atom. The number of rotatable bonds is 8. The van der Waals surface area contributed by atoms with Crippen molar-refractivity contribution in [1.29, 1.82) is 0 Å². The average Bonchev–Trinajstić information content (AvgIpc) is 3.26. The molecule has 6 heteroatoms. The van der Waals surface area contributed by atoms with Gasteiger partial charge in [-0.3, -0.25) is 14.5 Å². The smallest absolute Gasteiger partial charge is 0.246 e. The highest BCUT2D eigenvalue weighted by atomic mass is 16.2. The number of carbonyl (C=O) groups is 1. The molecule has 0 unspecified atom stereocenters. The number of likely N-dealkylation sites (N-methyl/N-ethyl adjacent to an activating group) is 1. The van der Waals surface area contributed by atoms with Gasteiger partial charge in [0.1, 0.15) is 5.69 Å².